The van der Waals surface area contributed by atoms with Gasteiger partial charge in [-0.05, 0) is 64.1 Å². The van der Waals surface area contributed by atoms with Crippen LogP contribution in [0.25, 0.3) is 0 Å². The van der Waals surface area contributed by atoms with Gasteiger partial charge in [0.25, 0.3) is 0 Å². The average molecular weight is 446 g/mol. The molecule has 3 aliphatic rings. The lowest BCUT2D eigenvalue weighted by Gasteiger charge is -2.44. The number of fused-ring (bicyclic) bond motifs is 1. The van der Waals surface area contributed by atoms with Crippen LogP contribution in [0.5, 0.6) is 11.5 Å². The Morgan fingerprint density at radius 2 is 1.81 bits per heavy atom. The molecule has 1 aliphatic heterocycles. The van der Waals surface area contributed by atoms with Crippen molar-refractivity contribution in [2.75, 3.05) is 40.9 Å². The van der Waals surface area contributed by atoms with Crippen LogP contribution in [0.1, 0.15) is 63.9 Å². The predicted octanol–water partition coefficient (Wildman–Crippen LogP) is 4.08. The van der Waals surface area contributed by atoms with Crippen LogP contribution in [0.4, 0.5) is 0 Å². The van der Waals surface area contributed by atoms with Crippen molar-refractivity contribution in [3.8, 4) is 11.5 Å². The smallest absolute Gasteiger partial charge is 0.237 e. The third kappa shape index (κ3) is 6.61. The van der Waals surface area contributed by atoms with Crippen molar-refractivity contribution in [1.82, 2.24) is 15.1 Å². The standard InChI is InChI=1S/C23H34N2O3.C3H9N/c1-27-20-12-9-18(22(14-20)28-2)15-24(19-10-11-19)16-23(26)25-13-5-7-17-6-3-4-8-21(17)25;1-3-4-2/h9,12,14,17,19,21H,3-8,10-11,13,15-16H2,1-2H3;4H,3H2,1-2H3. The van der Waals surface area contributed by atoms with E-state index in [1.165, 1.54) is 51.4 Å². The summed E-state index contributed by atoms with van der Waals surface area (Å²) >= 11 is 0. The third-order valence-corrected chi connectivity index (χ3v) is 7.19. The topological polar surface area (TPSA) is 54.0 Å². The largest absolute Gasteiger partial charge is 0.497 e. The summed E-state index contributed by atoms with van der Waals surface area (Å²) in [5.74, 6) is 2.70. The van der Waals surface area contributed by atoms with Gasteiger partial charge in [0.05, 0.1) is 20.8 Å². The Balaban J connectivity index is 0.000000668. The second-order valence-corrected chi connectivity index (χ2v) is 9.36. The Morgan fingerprint density at radius 1 is 1.09 bits per heavy atom. The molecule has 1 aromatic rings. The first-order valence-electron chi connectivity index (χ1n) is 12.5. The fraction of sp³-hybridized carbons (Fsp3) is 0.731. The minimum absolute atomic E-state index is 0.330. The van der Waals surface area contributed by atoms with E-state index in [1.54, 1.807) is 14.2 Å². The van der Waals surface area contributed by atoms with Crippen LogP contribution in [0.2, 0.25) is 0 Å². The number of benzene rings is 1. The summed E-state index contributed by atoms with van der Waals surface area (Å²) in [4.78, 5) is 17.9. The molecule has 180 valence electrons. The minimum Gasteiger partial charge on any atom is -0.497 e. The fourth-order valence-corrected chi connectivity index (χ4v) is 5.15. The Morgan fingerprint density at radius 3 is 2.47 bits per heavy atom. The van der Waals surface area contributed by atoms with Gasteiger partial charge in [0.2, 0.25) is 5.91 Å². The van der Waals surface area contributed by atoms with Crippen molar-refractivity contribution >= 4 is 5.91 Å². The summed E-state index contributed by atoms with van der Waals surface area (Å²) in [7, 11) is 5.29. The van der Waals surface area contributed by atoms with E-state index in [1.807, 2.05) is 19.2 Å². The van der Waals surface area contributed by atoms with Crippen LogP contribution in [0.15, 0.2) is 18.2 Å². The number of nitrogens with one attached hydrogen (secondary N) is 1. The lowest BCUT2D eigenvalue weighted by Crippen LogP contribution is -2.52. The summed E-state index contributed by atoms with van der Waals surface area (Å²) in [6, 6.07) is 6.99. The van der Waals surface area contributed by atoms with Crippen molar-refractivity contribution in [2.45, 2.75) is 76.9 Å². The quantitative estimate of drug-likeness (QED) is 0.654. The van der Waals surface area contributed by atoms with Crippen LogP contribution in [0, 0.1) is 5.92 Å². The number of carbonyl (C=O) groups excluding carboxylic acids is 1. The maximum Gasteiger partial charge on any atom is 0.237 e. The van der Waals surface area contributed by atoms with Crippen molar-refractivity contribution < 1.29 is 14.3 Å². The molecule has 1 N–H and O–H groups in total. The summed E-state index contributed by atoms with van der Waals surface area (Å²) in [6.45, 7) is 5.37. The molecule has 1 amide bonds. The Bertz CT molecular complexity index is 718. The molecule has 2 atom stereocenters. The molecule has 1 aromatic carbocycles. The number of amides is 1. The highest BCUT2D eigenvalue weighted by atomic mass is 16.5. The number of nitrogens with zero attached hydrogens (tertiary/aromatic N) is 2. The summed E-state index contributed by atoms with van der Waals surface area (Å²) in [5.41, 5.74) is 1.12. The SMILES string of the molecule is CCNC.COc1ccc(CN(CC(=O)N2CCCC3CCCCC32)C2CC2)c(OC)c1. The highest BCUT2D eigenvalue weighted by Gasteiger charge is 2.38. The lowest BCUT2D eigenvalue weighted by atomic mass is 9.78. The maximum atomic E-state index is 13.3. The molecule has 2 aliphatic carbocycles. The number of likely N-dealkylation sites (tertiary alicyclic amines) is 1. The fourth-order valence-electron chi connectivity index (χ4n) is 5.15. The van der Waals surface area contributed by atoms with Crippen molar-refractivity contribution in [2.24, 2.45) is 5.92 Å². The van der Waals surface area contributed by atoms with Crippen LogP contribution >= 0.6 is 0 Å². The van der Waals surface area contributed by atoms with E-state index in [-0.39, 0.29) is 0 Å². The molecule has 32 heavy (non-hydrogen) atoms. The molecule has 2 saturated carbocycles. The number of piperidine rings is 1. The second-order valence-electron chi connectivity index (χ2n) is 9.36. The summed E-state index contributed by atoms with van der Waals surface area (Å²) < 4.78 is 10.9. The molecule has 6 nitrogen and oxygen atoms in total. The zero-order chi connectivity index (χ0) is 22.9. The molecule has 0 radical (unpaired) electrons. The number of carbonyl (C=O) groups is 1. The van der Waals surface area contributed by atoms with Gasteiger partial charge < -0.3 is 19.7 Å². The maximum absolute atomic E-state index is 13.3. The van der Waals surface area contributed by atoms with Gasteiger partial charge in [0.1, 0.15) is 11.5 Å². The van der Waals surface area contributed by atoms with Gasteiger partial charge in [0, 0.05) is 36.8 Å². The zero-order valence-corrected chi connectivity index (χ0v) is 20.6. The lowest BCUT2D eigenvalue weighted by molar-refractivity contribution is -0.139. The predicted molar refractivity (Wildman–Crippen MR) is 129 cm³/mol. The Labute approximate surface area is 194 Å². The first-order chi connectivity index (χ1) is 15.6. The van der Waals surface area contributed by atoms with Gasteiger partial charge in [-0.1, -0.05) is 25.8 Å². The van der Waals surface area contributed by atoms with Crippen molar-refractivity contribution in [1.29, 1.82) is 0 Å². The number of hydrogen-bond acceptors (Lipinski definition) is 5. The highest BCUT2D eigenvalue weighted by Crippen LogP contribution is 2.36. The van der Waals surface area contributed by atoms with Gasteiger partial charge in [-0.15, -0.1) is 0 Å². The number of rotatable bonds is 8. The van der Waals surface area contributed by atoms with E-state index in [9.17, 15) is 4.79 Å². The molecule has 1 saturated heterocycles. The van der Waals surface area contributed by atoms with Gasteiger partial charge in [-0.25, -0.2) is 0 Å². The molecule has 3 fully saturated rings. The number of ether oxygens (including phenoxy) is 2. The molecule has 4 rings (SSSR count). The number of methoxy groups -OCH3 is 2. The Hall–Kier alpha value is -1.79. The van der Waals surface area contributed by atoms with Crippen molar-refractivity contribution in [3.63, 3.8) is 0 Å². The van der Waals surface area contributed by atoms with Crippen LogP contribution < -0.4 is 14.8 Å². The first kappa shape index (κ1) is 24.8. The highest BCUT2D eigenvalue weighted by molar-refractivity contribution is 5.79. The zero-order valence-electron chi connectivity index (χ0n) is 20.6. The average Bonchev–Trinajstić information content (AvgIpc) is 3.69. The van der Waals surface area contributed by atoms with Crippen LogP contribution in [-0.4, -0.2) is 68.7 Å². The van der Waals surface area contributed by atoms with Gasteiger partial charge in [0.15, 0.2) is 0 Å². The molecular formula is C26H43N3O3. The molecule has 0 aromatic heterocycles. The van der Waals surface area contributed by atoms with E-state index >= 15 is 0 Å². The normalized spacial score (nSPS) is 22.6. The third-order valence-electron chi connectivity index (χ3n) is 7.19. The minimum atomic E-state index is 0.330. The summed E-state index contributed by atoms with van der Waals surface area (Å²) in [6.07, 6.45) is 9.99. The van der Waals surface area contributed by atoms with Gasteiger partial charge >= 0.3 is 0 Å². The van der Waals surface area contributed by atoms with Gasteiger partial charge in [-0.3, -0.25) is 9.69 Å². The van der Waals surface area contributed by atoms with E-state index < -0.39 is 0 Å². The Kier molecular flexibility index (Phi) is 9.67. The molecule has 2 unspecified atom stereocenters. The molecule has 1 heterocycles. The van der Waals surface area contributed by atoms with Crippen molar-refractivity contribution in [3.05, 3.63) is 23.8 Å². The van der Waals surface area contributed by atoms with E-state index in [4.69, 9.17) is 9.47 Å². The summed E-state index contributed by atoms with van der Waals surface area (Å²) in [5, 5.41) is 2.93. The van der Waals surface area contributed by atoms with Gasteiger partial charge in [-0.2, -0.15) is 0 Å². The molecule has 6 heteroatoms. The van der Waals surface area contributed by atoms with Crippen LogP contribution in [-0.2, 0) is 11.3 Å². The number of hydrogen-bond donors (Lipinski definition) is 1. The van der Waals surface area contributed by atoms with E-state index in [0.29, 0.717) is 24.5 Å². The van der Waals surface area contributed by atoms with E-state index in [2.05, 4.69) is 28.1 Å². The molecule has 0 spiro atoms. The second kappa shape index (κ2) is 12.4. The van der Waals surface area contributed by atoms with E-state index in [0.717, 1.165) is 42.6 Å². The molecule has 0 bridgehead atoms. The first-order valence-corrected chi connectivity index (χ1v) is 12.5. The monoisotopic (exact) mass is 445 g/mol. The van der Waals surface area contributed by atoms with Crippen LogP contribution in [0.3, 0.4) is 0 Å². The molecular weight excluding hydrogens is 402 g/mol.